The number of nitrogens with zero attached hydrogens (tertiary/aromatic N) is 2. The van der Waals surface area contributed by atoms with Gasteiger partial charge in [-0.2, -0.15) is 0 Å². The molecule has 0 atom stereocenters. The summed E-state index contributed by atoms with van der Waals surface area (Å²) in [4.78, 5) is 16.1. The number of anilines is 1. The Morgan fingerprint density at radius 2 is 2.24 bits per heavy atom. The van der Waals surface area contributed by atoms with Crippen LogP contribution in [0.4, 0.5) is 5.82 Å². The van der Waals surface area contributed by atoms with Crippen LogP contribution in [0.15, 0.2) is 17.2 Å². The van der Waals surface area contributed by atoms with E-state index in [0.717, 1.165) is 32.2 Å². The molecule has 0 saturated heterocycles. The van der Waals surface area contributed by atoms with Crippen molar-refractivity contribution in [3.05, 3.63) is 22.7 Å². The van der Waals surface area contributed by atoms with Crippen LogP contribution in [0.1, 0.15) is 31.7 Å². The fourth-order valence-electron chi connectivity index (χ4n) is 2.29. The van der Waals surface area contributed by atoms with E-state index in [1.807, 2.05) is 0 Å². The number of aliphatic hydroxyl groups excluding tert-OH is 1. The first-order valence-corrected chi connectivity index (χ1v) is 6.23. The topological polar surface area (TPSA) is 67.2 Å². The van der Waals surface area contributed by atoms with Gasteiger partial charge in [0.25, 0.3) is 5.56 Å². The lowest BCUT2D eigenvalue weighted by Gasteiger charge is -2.31. The zero-order valence-corrected chi connectivity index (χ0v) is 9.67. The van der Waals surface area contributed by atoms with Gasteiger partial charge in [-0.25, -0.2) is 4.98 Å². The van der Waals surface area contributed by atoms with Gasteiger partial charge in [0.1, 0.15) is 0 Å². The molecular formula is C12H17N3O2. The third-order valence-corrected chi connectivity index (χ3v) is 3.58. The summed E-state index contributed by atoms with van der Waals surface area (Å²) in [5, 5.41) is 12.3. The molecule has 1 aromatic rings. The molecule has 2 fully saturated rings. The van der Waals surface area contributed by atoms with Gasteiger partial charge in [0.15, 0.2) is 5.82 Å². The minimum atomic E-state index is -0.145. The molecule has 3 rings (SSSR count). The molecule has 2 aliphatic carbocycles. The third kappa shape index (κ3) is 2.20. The van der Waals surface area contributed by atoms with E-state index in [4.69, 9.17) is 0 Å². The summed E-state index contributed by atoms with van der Waals surface area (Å²) in [6.45, 7) is 0.730. The molecule has 2 saturated carbocycles. The first-order chi connectivity index (χ1) is 8.24. The highest BCUT2D eigenvalue weighted by Gasteiger charge is 2.28. The van der Waals surface area contributed by atoms with Crippen molar-refractivity contribution in [2.45, 2.75) is 37.8 Å². The Bertz CT molecular complexity index is 461. The van der Waals surface area contributed by atoms with Crippen LogP contribution < -0.4 is 10.9 Å². The van der Waals surface area contributed by atoms with Gasteiger partial charge < -0.3 is 15.0 Å². The average Bonchev–Trinajstić information content (AvgIpc) is 3.08. The van der Waals surface area contributed by atoms with Gasteiger partial charge in [0, 0.05) is 25.0 Å². The summed E-state index contributed by atoms with van der Waals surface area (Å²) in [7, 11) is 0. The Kier molecular flexibility index (Phi) is 2.63. The molecule has 5 heteroatoms. The molecule has 5 nitrogen and oxygen atoms in total. The Hall–Kier alpha value is -1.36. The summed E-state index contributed by atoms with van der Waals surface area (Å²) in [5.41, 5.74) is -0.0186. The second-order valence-electron chi connectivity index (χ2n) is 5.09. The fourth-order valence-corrected chi connectivity index (χ4v) is 2.29. The molecule has 0 bridgehead atoms. The second-order valence-corrected chi connectivity index (χ2v) is 5.09. The molecule has 0 unspecified atom stereocenters. The molecular weight excluding hydrogens is 218 g/mol. The highest BCUT2D eigenvalue weighted by molar-refractivity contribution is 5.31. The van der Waals surface area contributed by atoms with Gasteiger partial charge in [0.2, 0.25) is 0 Å². The monoisotopic (exact) mass is 235 g/mol. The number of aliphatic hydroxyl groups is 1. The zero-order chi connectivity index (χ0) is 11.8. The quantitative estimate of drug-likeness (QED) is 0.808. The average molecular weight is 235 g/mol. The maximum Gasteiger partial charge on any atom is 0.293 e. The Morgan fingerprint density at radius 3 is 2.88 bits per heavy atom. The number of hydrogen-bond donors (Lipinski definition) is 2. The van der Waals surface area contributed by atoms with E-state index in [0.29, 0.717) is 17.8 Å². The van der Waals surface area contributed by atoms with E-state index in [1.165, 1.54) is 0 Å². The number of hydrogen-bond acceptors (Lipinski definition) is 4. The zero-order valence-electron chi connectivity index (χ0n) is 9.67. The Balaban J connectivity index is 1.66. The lowest BCUT2D eigenvalue weighted by atomic mass is 9.82. The highest BCUT2D eigenvalue weighted by atomic mass is 16.3. The molecule has 92 valence electrons. The van der Waals surface area contributed by atoms with E-state index in [1.54, 1.807) is 17.0 Å². The summed E-state index contributed by atoms with van der Waals surface area (Å²) < 4.78 is 1.77. The standard InChI is InChI=1S/C12H17N3O2/c16-10-5-8(6-10)7-14-11-12(17)15(4-3-13-11)9-1-2-9/h3-4,8-10,16H,1-2,5-7H2,(H,13,14). The predicted octanol–water partition coefficient (Wildman–Crippen LogP) is 0.761. The number of rotatable bonds is 4. The fraction of sp³-hybridized carbons (Fsp3) is 0.667. The van der Waals surface area contributed by atoms with E-state index < -0.39 is 0 Å². The van der Waals surface area contributed by atoms with Crippen molar-refractivity contribution >= 4 is 5.82 Å². The SMILES string of the molecule is O=c1c(NCC2CC(O)C2)nccn1C1CC1. The van der Waals surface area contributed by atoms with Crippen molar-refractivity contribution in [2.75, 3.05) is 11.9 Å². The minimum absolute atomic E-state index is 0.0186. The van der Waals surface area contributed by atoms with E-state index in [-0.39, 0.29) is 11.7 Å². The van der Waals surface area contributed by atoms with Crippen molar-refractivity contribution < 1.29 is 5.11 Å². The van der Waals surface area contributed by atoms with E-state index >= 15 is 0 Å². The van der Waals surface area contributed by atoms with Crippen LogP contribution in [0.25, 0.3) is 0 Å². The summed E-state index contributed by atoms with van der Waals surface area (Å²) in [6, 6.07) is 0.386. The lowest BCUT2D eigenvalue weighted by molar-refractivity contribution is 0.0486. The van der Waals surface area contributed by atoms with Crippen LogP contribution in [0, 0.1) is 5.92 Å². The van der Waals surface area contributed by atoms with Gasteiger partial charge in [-0.1, -0.05) is 0 Å². The molecule has 0 radical (unpaired) electrons. The maximum absolute atomic E-state index is 12.0. The van der Waals surface area contributed by atoms with Gasteiger partial charge in [0.05, 0.1) is 6.10 Å². The van der Waals surface area contributed by atoms with Gasteiger partial charge >= 0.3 is 0 Å². The molecule has 0 amide bonds. The normalized spacial score (nSPS) is 27.6. The van der Waals surface area contributed by atoms with Crippen LogP contribution in [-0.2, 0) is 0 Å². The van der Waals surface area contributed by atoms with Crippen molar-refractivity contribution in [3.8, 4) is 0 Å². The lowest BCUT2D eigenvalue weighted by Crippen LogP contribution is -2.34. The Labute approximate surface area is 99.5 Å². The summed E-state index contributed by atoms with van der Waals surface area (Å²) in [6.07, 6.45) is 7.15. The molecule has 1 aromatic heterocycles. The van der Waals surface area contributed by atoms with Gasteiger partial charge in [-0.15, -0.1) is 0 Å². The third-order valence-electron chi connectivity index (χ3n) is 3.58. The van der Waals surface area contributed by atoms with Gasteiger partial charge in [-0.3, -0.25) is 4.79 Å². The van der Waals surface area contributed by atoms with Crippen LogP contribution in [-0.4, -0.2) is 27.3 Å². The maximum atomic E-state index is 12.0. The van der Waals surface area contributed by atoms with Crippen molar-refractivity contribution in [2.24, 2.45) is 5.92 Å². The second kappa shape index (κ2) is 4.14. The molecule has 17 heavy (non-hydrogen) atoms. The van der Waals surface area contributed by atoms with Crippen LogP contribution >= 0.6 is 0 Å². The van der Waals surface area contributed by atoms with Gasteiger partial charge in [-0.05, 0) is 31.6 Å². The molecule has 2 N–H and O–H groups in total. The van der Waals surface area contributed by atoms with Crippen molar-refractivity contribution in [3.63, 3.8) is 0 Å². The smallest absolute Gasteiger partial charge is 0.293 e. The minimum Gasteiger partial charge on any atom is -0.393 e. The number of aromatic nitrogens is 2. The number of nitrogens with one attached hydrogen (secondary N) is 1. The first-order valence-electron chi connectivity index (χ1n) is 6.23. The molecule has 0 aliphatic heterocycles. The van der Waals surface area contributed by atoms with Crippen molar-refractivity contribution in [1.82, 2.24) is 9.55 Å². The molecule has 0 aromatic carbocycles. The summed E-state index contributed by atoms with van der Waals surface area (Å²) >= 11 is 0. The van der Waals surface area contributed by atoms with Crippen LogP contribution in [0.3, 0.4) is 0 Å². The predicted molar refractivity (Wildman–Crippen MR) is 64.0 cm³/mol. The molecule has 2 aliphatic rings. The molecule has 1 heterocycles. The first kappa shape index (κ1) is 10.8. The van der Waals surface area contributed by atoms with E-state index in [2.05, 4.69) is 10.3 Å². The van der Waals surface area contributed by atoms with Crippen LogP contribution in [0.2, 0.25) is 0 Å². The largest absolute Gasteiger partial charge is 0.393 e. The van der Waals surface area contributed by atoms with Crippen LogP contribution in [0.5, 0.6) is 0 Å². The van der Waals surface area contributed by atoms with E-state index in [9.17, 15) is 9.90 Å². The summed E-state index contributed by atoms with van der Waals surface area (Å²) in [5.74, 6) is 0.918. The highest BCUT2D eigenvalue weighted by Crippen LogP contribution is 2.33. The Morgan fingerprint density at radius 1 is 1.47 bits per heavy atom. The molecule has 0 spiro atoms. The van der Waals surface area contributed by atoms with Crippen molar-refractivity contribution in [1.29, 1.82) is 0 Å².